The quantitative estimate of drug-likeness (QED) is 0.324. The fourth-order valence-electron chi connectivity index (χ4n) is 1.58. The first kappa shape index (κ1) is 15.5. The van der Waals surface area contributed by atoms with Crippen molar-refractivity contribution < 1.29 is 56.1 Å². The molecule has 0 atom stereocenters. The van der Waals surface area contributed by atoms with Gasteiger partial charge in [-0.3, -0.25) is 7.05 Å². The van der Waals surface area contributed by atoms with Gasteiger partial charge in [0.05, 0.1) is 6.61 Å². The summed E-state index contributed by atoms with van der Waals surface area (Å²) < 4.78 is 5.55. The van der Waals surface area contributed by atoms with Gasteiger partial charge in [0, 0.05) is 13.2 Å². The van der Waals surface area contributed by atoms with Crippen molar-refractivity contribution in [2.75, 3.05) is 39.9 Å². The van der Waals surface area contributed by atoms with Gasteiger partial charge in [0.25, 0.3) is 0 Å². The summed E-state index contributed by atoms with van der Waals surface area (Å²) in [5, 5.41) is 3.07. The van der Waals surface area contributed by atoms with Crippen LogP contribution in [-0.4, -0.2) is 44.8 Å². The summed E-state index contributed by atoms with van der Waals surface area (Å²) in [5.74, 6) is 0.759. The van der Waals surface area contributed by atoms with Gasteiger partial charge in [0.1, 0.15) is 0 Å². The van der Waals surface area contributed by atoms with E-state index in [9.17, 15) is 0 Å². The molecule has 14 heavy (non-hydrogen) atoms. The smallest absolute Gasteiger partial charge is 0.459 e. The SMILES string of the molecule is [CH2-]N1CCC(COCCNC)CC1.[K+]. The predicted molar refractivity (Wildman–Crippen MR) is 54.4 cm³/mol. The number of nitrogens with one attached hydrogen (secondary N) is 1. The minimum atomic E-state index is 0. The van der Waals surface area contributed by atoms with Crippen LogP contribution in [0.4, 0.5) is 0 Å². The van der Waals surface area contributed by atoms with E-state index >= 15 is 0 Å². The topological polar surface area (TPSA) is 24.5 Å². The van der Waals surface area contributed by atoms with Crippen molar-refractivity contribution in [1.82, 2.24) is 10.2 Å². The predicted octanol–water partition coefficient (Wildman–Crippen LogP) is -2.27. The van der Waals surface area contributed by atoms with Gasteiger partial charge >= 0.3 is 51.4 Å². The number of hydrogen-bond acceptors (Lipinski definition) is 3. The maximum absolute atomic E-state index is 5.55. The molecule has 1 saturated heterocycles. The average molecular weight is 224 g/mol. The summed E-state index contributed by atoms with van der Waals surface area (Å²) >= 11 is 0. The average Bonchev–Trinajstić information content (AvgIpc) is 2.15. The number of nitrogens with zero attached hydrogens (tertiary/aromatic N) is 1. The van der Waals surface area contributed by atoms with Crippen LogP contribution in [0.2, 0.25) is 0 Å². The van der Waals surface area contributed by atoms with Gasteiger partial charge in [0.15, 0.2) is 0 Å². The Kier molecular flexibility index (Phi) is 10.8. The minimum Gasteiger partial charge on any atom is -0.459 e. The van der Waals surface area contributed by atoms with Crippen LogP contribution in [0.5, 0.6) is 0 Å². The molecule has 1 aliphatic rings. The van der Waals surface area contributed by atoms with Gasteiger partial charge in [-0.2, -0.15) is 0 Å². The molecule has 0 aromatic rings. The van der Waals surface area contributed by atoms with E-state index in [-0.39, 0.29) is 51.4 Å². The molecule has 0 spiro atoms. The Morgan fingerprint density at radius 2 is 2.07 bits per heavy atom. The van der Waals surface area contributed by atoms with Crippen molar-refractivity contribution in [2.24, 2.45) is 5.92 Å². The van der Waals surface area contributed by atoms with E-state index in [4.69, 9.17) is 4.74 Å². The second-order valence-corrected chi connectivity index (χ2v) is 3.74. The van der Waals surface area contributed by atoms with E-state index < -0.39 is 0 Å². The molecular weight excluding hydrogens is 203 g/mol. The second-order valence-electron chi connectivity index (χ2n) is 3.74. The zero-order valence-electron chi connectivity index (χ0n) is 9.59. The third-order valence-corrected chi connectivity index (χ3v) is 2.56. The zero-order valence-corrected chi connectivity index (χ0v) is 12.7. The zero-order chi connectivity index (χ0) is 9.52. The van der Waals surface area contributed by atoms with E-state index in [1.807, 2.05) is 7.05 Å². The molecule has 1 fully saturated rings. The molecule has 78 valence electrons. The summed E-state index contributed by atoms with van der Waals surface area (Å²) in [6.45, 7) is 4.96. The molecule has 0 bridgehead atoms. The number of likely N-dealkylation sites (tertiary alicyclic amines) is 1. The van der Waals surface area contributed by atoms with E-state index in [1.54, 1.807) is 0 Å². The van der Waals surface area contributed by atoms with Crippen LogP contribution in [0, 0.1) is 13.0 Å². The first-order chi connectivity index (χ1) is 6.33. The van der Waals surface area contributed by atoms with Crippen molar-refractivity contribution in [2.45, 2.75) is 12.8 Å². The molecule has 0 saturated carbocycles. The van der Waals surface area contributed by atoms with Crippen LogP contribution in [0.25, 0.3) is 0 Å². The molecule has 0 radical (unpaired) electrons. The third kappa shape index (κ3) is 6.90. The molecule has 3 nitrogen and oxygen atoms in total. The number of likely N-dealkylation sites (N-methyl/N-ethyl adjacent to an activating group) is 1. The standard InChI is InChI=1S/C10H21N2O.K/c1-11-5-8-13-9-10-3-6-12(2)7-4-10;/h10-11H,2-9H2,1H3;/q-1;+1. The summed E-state index contributed by atoms with van der Waals surface area (Å²) in [5.41, 5.74) is 0. The third-order valence-electron chi connectivity index (χ3n) is 2.56. The normalized spacial score (nSPS) is 19.3. The Hall–Kier alpha value is 1.52. The Bertz CT molecular complexity index is 127. The van der Waals surface area contributed by atoms with E-state index in [0.717, 1.165) is 38.8 Å². The monoisotopic (exact) mass is 224 g/mol. The first-order valence-electron chi connectivity index (χ1n) is 5.10. The van der Waals surface area contributed by atoms with E-state index in [2.05, 4.69) is 17.3 Å². The molecule has 1 aliphatic heterocycles. The maximum Gasteiger partial charge on any atom is 1.00 e. The molecule has 0 aromatic carbocycles. The van der Waals surface area contributed by atoms with E-state index in [1.165, 1.54) is 12.8 Å². The van der Waals surface area contributed by atoms with E-state index in [0.29, 0.717) is 0 Å². The largest absolute Gasteiger partial charge is 1.00 e. The summed E-state index contributed by atoms with van der Waals surface area (Å²) in [7, 11) is 5.87. The van der Waals surface area contributed by atoms with Gasteiger partial charge in [0.2, 0.25) is 0 Å². The Morgan fingerprint density at radius 1 is 1.43 bits per heavy atom. The van der Waals surface area contributed by atoms with Gasteiger partial charge in [-0.25, -0.2) is 0 Å². The Morgan fingerprint density at radius 3 is 2.64 bits per heavy atom. The molecule has 1 rings (SSSR count). The van der Waals surface area contributed by atoms with Crippen molar-refractivity contribution in [1.29, 1.82) is 0 Å². The number of rotatable bonds is 5. The molecule has 0 aromatic heterocycles. The number of piperidine rings is 1. The van der Waals surface area contributed by atoms with Crippen molar-refractivity contribution in [3.8, 4) is 0 Å². The van der Waals surface area contributed by atoms with Gasteiger partial charge in [-0.1, -0.05) is 0 Å². The van der Waals surface area contributed by atoms with Gasteiger partial charge < -0.3 is 15.0 Å². The summed E-state index contributed by atoms with van der Waals surface area (Å²) in [4.78, 5) is 2.14. The van der Waals surface area contributed by atoms with Crippen LogP contribution in [0.3, 0.4) is 0 Å². The summed E-state index contributed by atoms with van der Waals surface area (Å²) in [6.07, 6.45) is 2.48. The van der Waals surface area contributed by atoms with Crippen LogP contribution < -0.4 is 56.7 Å². The molecule has 0 amide bonds. The van der Waals surface area contributed by atoms with Crippen molar-refractivity contribution in [3.63, 3.8) is 0 Å². The molecule has 0 unspecified atom stereocenters. The van der Waals surface area contributed by atoms with Crippen LogP contribution in [0.1, 0.15) is 12.8 Å². The number of ether oxygens (including phenoxy) is 1. The van der Waals surface area contributed by atoms with Crippen LogP contribution in [-0.2, 0) is 4.74 Å². The Labute approximate surface area is 130 Å². The molecule has 4 heteroatoms. The van der Waals surface area contributed by atoms with Crippen molar-refractivity contribution >= 4 is 0 Å². The van der Waals surface area contributed by atoms with Crippen LogP contribution in [0.15, 0.2) is 0 Å². The second kappa shape index (κ2) is 9.72. The molecule has 1 heterocycles. The summed E-state index contributed by atoms with van der Waals surface area (Å²) in [6, 6.07) is 0. The minimum absolute atomic E-state index is 0. The molecule has 0 aliphatic carbocycles. The fraction of sp³-hybridized carbons (Fsp3) is 0.900. The van der Waals surface area contributed by atoms with Crippen molar-refractivity contribution in [3.05, 3.63) is 7.05 Å². The first-order valence-corrected chi connectivity index (χ1v) is 5.10. The van der Waals surface area contributed by atoms with Gasteiger partial charge in [-0.15, -0.1) is 0 Å². The Balaban J connectivity index is 0.00000169. The van der Waals surface area contributed by atoms with Gasteiger partial charge in [-0.05, 0) is 38.9 Å². The maximum atomic E-state index is 5.55. The molecule has 1 N–H and O–H groups in total. The number of hydrogen-bond donors (Lipinski definition) is 1. The molecular formula is C10H21KN2O. The fourth-order valence-corrected chi connectivity index (χ4v) is 1.58. The van der Waals surface area contributed by atoms with Crippen LogP contribution >= 0.6 is 0 Å².